The second-order valence-corrected chi connectivity index (χ2v) is 8.60. The van der Waals surface area contributed by atoms with Crippen molar-refractivity contribution in [3.8, 4) is 0 Å². The maximum absolute atomic E-state index is 12.8. The molecule has 1 aliphatic rings. The number of Topliss-reactive ketones (excluding diaryl/α,β-unsaturated/α-hetero) is 1. The molecule has 2 aromatic carbocycles. The van der Waals surface area contributed by atoms with Crippen molar-refractivity contribution in [3.05, 3.63) is 64.7 Å². The lowest BCUT2D eigenvalue weighted by molar-refractivity contribution is 0.0698. The van der Waals surface area contributed by atoms with E-state index in [0.717, 1.165) is 0 Å². The molecule has 1 heterocycles. The number of rotatable bonds is 4. The first-order valence-corrected chi connectivity index (χ1v) is 10.3. The van der Waals surface area contributed by atoms with Gasteiger partial charge >= 0.3 is 0 Å². The minimum Gasteiger partial charge on any atom is -0.336 e. The smallest absolute Gasteiger partial charge is 0.255 e. The fourth-order valence-electron chi connectivity index (χ4n) is 2.95. The molecule has 1 aliphatic heterocycles. The molecule has 0 bridgehead atoms. The zero-order valence-corrected chi connectivity index (χ0v) is 16.3. The van der Waals surface area contributed by atoms with E-state index in [1.54, 1.807) is 29.2 Å². The summed E-state index contributed by atoms with van der Waals surface area (Å²) in [7, 11) is -3.67. The van der Waals surface area contributed by atoms with Crippen molar-refractivity contribution in [1.82, 2.24) is 9.21 Å². The molecule has 0 spiro atoms. The minimum atomic E-state index is -3.67. The lowest BCUT2D eigenvalue weighted by Crippen LogP contribution is -2.50. The third-order valence-electron chi connectivity index (χ3n) is 4.53. The Bertz CT molecular complexity index is 965. The van der Waals surface area contributed by atoms with Crippen LogP contribution >= 0.6 is 11.6 Å². The van der Waals surface area contributed by atoms with Gasteiger partial charge in [0.05, 0.1) is 15.5 Å². The summed E-state index contributed by atoms with van der Waals surface area (Å²) in [4.78, 5) is 25.7. The SMILES string of the molecule is CC(=O)c1ccc(S(=O)(=O)N2CCN(C(=O)c3ccccc3Cl)CC2)cc1. The van der Waals surface area contributed by atoms with E-state index in [4.69, 9.17) is 11.6 Å². The Morgan fingerprint density at radius 2 is 1.52 bits per heavy atom. The number of sulfonamides is 1. The molecule has 0 N–H and O–H groups in total. The van der Waals surface area contributed by atoms with E-state index in [9.17, 15) is 18.0 Å². The maximum Gasteiger partial charge on any atom is 0.255 e. The summed E-state index contributed by atoms with van der Waals surface area (Å²) in [5.74, 6) is -0.325. The Kier molecular flexibility index (Phi) is 5.64. The van der Waals surface area contributed by atoms with Crippen LogP contribution in [0, 0.1) is 0 Å². The van der Waals surface area contributed by atoms with Crippen LogP contribution in [-0.4, -0.2) is 55.5 Å². The highest BCUT2D eigenvalue weighted by Gasteiger charge is 2.30. The Hall–Kier alpha value is -2.22. The quantitative estimate of drug-likeness (QED) is 0.731. The Balaban J connectivity index is 1.70. The van der Waals surface area contributed by atoms with Crippen LogP contribution in [0.5, 0.6) is 0 Å². The molecule has 0 radical (unpaired) electrons. The van der Waals surface area contributed by atoms with Gasteiger partial charge in [-0.25, -0.2) is 8.42 Å². The molecule has 142 valence electrons. The average Bonchev–Trinajstić information content (AvgIpc) is 2.68. The van der Waals surface area contributed by atoms with Gasteiger partial charge in [0.15, 0.2) is 5.78 Å². The van der Waals surface area contributed by atoms with Crippen LogP contribution in [-0.2, 0) is 10.0 Å². The van der Waals surface area contributed by atoms with E-state index in [2.05, 4.69) is 0 Å². The van der Waals surface area contributed by atoms with Crippen molar-refractivity contribution in [2.45, 2.75) is 11.8 Å². The molecule has 0 atom stereocenters. The van der Waals surface area contributed by atoms with Gasteiger partial charge in [-0.3, -0.25) is 9.59 Å². The number of carbonyl (C=O) groups is 2. The number of nitrogens with zero attached hydrogens (tertiary/aromatic N) is 2. The van der Waals surface area contributed by atoms with Crippen molar-refractivity contribution < 1.29 is 18.0 Å². The molecule has 0 aliphatic carbocycles. The third kappa shape index (κ3) is 4.05. The predicted molar refractivity (Wildman–Crippen MR) is 103 cm³/mol. The number of hydrogen-bond donors (Lipinski definition) is 0. The van der Waals surface area contributed by atoms with E-state index in [1.807, 2.05) is 0 Å². The van der Waals surface area contributed by atoms with Gasteiger partial charge in [-0.1, -0.05) is 35.9 Å². The normalized spacial score (nSPS) is 15.6. The van der Waals surface area contributed by atoms with E-state index in [0.29, 0.717) is 16.1 Å². The lowest BCUT2D eigenvalue weighted by atomic mass is 10.2. The minimum absolute atomic E-state index is 0.120. The molecule has 0 saturated carbocycles. The predicted octanol–water partition coefficient (Wildman–Crippen LogP) is 2.69. The van der Waals surface area contributed by atoms with E-state index in [1.165, 1.54) is 35.5 Å². The van der Waals surface area contributed by atoms with Crippen molar-refractivity contribution in [2.75, 3.05) is 26.2 Å². The second kappa shape index (κ2) is 7.80. The van der Waals surface area contributed by atoms with Gasteiger partial charge in [0.2, 0.25) is 10.0 Å². The van der Waals surface area contributed by atoms with Crippen molar-refractivity contribution in [2.24, 2.45) is 0 Å². The standard InChI is InChI=1S/C19H19ClN2O4S/c1-14(23)15-6-8-16(9-7-15)27(25,26)22-12-10-21(11-13-22)19(24)17-4-2-3-5-18(17)20/h2-9H,10-13H2,1H3. The molecule has 1 amide bonds. The molecule has 27 heavy (non-hydrogen) atoms. The highest BCUT2D eigenvalue weighted by Crippen LogP contribution is 2.21. The van der Waals surface area contributed by atoms with Gasteiger partial charge in [0.1, 0.15) is 0 Å². The molecular formula is C19H19ClN2O4S. The Morgan fingerprint density at radius 3 is 2.07 bits per heavy atom. The zero-order valence-electron chi connectivity index (χ0n) is 14.8. The summed E-state index contributed by atoms with van der Waals surface area (Å²) in [5.41, 5.74) is 0.874. The number of carbonyl (C=O) groups excluding carboxylic acids is 2. The Morgan fingerprint density at radius 1 is 0.926 bits per heavy atom. The fraction of sp³-hybridized carbons (Fsp3) is 0.263. The van der Waals surface area contributed by atoms with Crippen LogP contribution in [0.2, 0.25) is 5.02 Å². The summed E-state index contributed by atoms with van der Waals surface area (Å²) in [6, 6.07) is 12.7. The van der Waals surface area contributed by atoms with Crippen molar-refractivity contribution >= 4 is 33.3 Å². The molecule has 1 saturated heterocycles. The van der Waals surface area contributed by atoms with Crippen LogP contribution in [0.15, 0.2) is 53.4 Å². The van der Waals surface area contributed by atoms with E-state index in [-0.39, 0.29) is 42.8 Å². The number of amides is 1. The largest absolute Gasteiger partial charge is 0.336 e. The molecule has 8 heteroatoms. The number of halogens is 1. The zero-order chi connectivity index (χ0) is 19.6. The lowest BCUT2D eigenvalue weighted by Gasteiger charge is -2.34. The van der Waals surface area contributed by atoms with Gasteiger partial charge in [-0.15, -0.1) is 0 Å². The van der Waals surface area contributed by atoms with Gasteiger partial charge in [-0.2, -0.15) is 4.31 Å². The molecule has 2 aromatic rings. The van der Waals surface area contributed by atoms with Gasteiger partial charge in [0, 0.05) is 31.7 Å². The first kappa shape index (κ1) is 19.5. The monoisotopic (exact) mass is 406 g/mol. The summed E-state index contributed by atoms with van der Waals surface area (Å²) in [6.45, 7) is 2.41. The molecule has 0 unspecified atom stereocenters. The molecular weight excluding hydrogens is 388 g/mol. The summed E-state index contributed by atoms with van der Waals surface area (Å²) >= 11 is 6.08. The molecule has 0 aromatic heterocycles. The summed E-state index contributed by atoms with van der Waals surface area (Å²) in [5, 5.41) is 0.378. The summed E-state index contributed by atoms with van der Waals surface area (Å²) < 4.78 is 26.9. The first-order valence-electron chi connectivity index (χ1n) is 8.45. The number of ketones is 1. The molecule has 3 rings (SSSR count). The van der Waals surface area contributed by atoms with Crippen molar-refractivity contribution in [3.63, 3.8) is 0 Å². The molecule has 1 fully saturated rings. The maximum atomic E-state index is 12.8. The van der Waals surface area contributed by atoms with Crippen LogP contribution < -0.4 is 0 Å². The molecule has 6 nitrogen and oxygen atoms in total. The van der Waals surface area contributed by atoms with Crippen LogP contribution in [0.25, 0.3) is 0 Å². The first-order chi connectivity index (χ1) is 12.8. The average molecular weight is 407 g/mol. The number of hydrogen-bond acceptors (Lipinski definition) is 4. The van der Waals surface area contributed by atoms with Crippen molar-refractivity contribution in [1.29, 1.82) is 0 Å². The van der Waals surface area contributed by atoms with E-state index < -0.39 is 10.0 Å². The highest BCUT2D eigenvalue weighted by molar-refractivity contribution is 7.89. The van der Waals surface area contributed by atoms with E-state index >= 15 is 0 Å². The number of benzene rings is 2. The van der Waals surface area contributed by atoms with Gasteiger partial charge in [-0.05, 0) is 31.2 Å². The van der Waals surface area contributed by atoms with Gasteiger partial charge in [0.25, 0.3) is 5.91 Å². The van der Waals surface area contributed by atoms with Crippen LogP contribution in [0.1, 0.15) is 27.6 Å². The topological polar surface area (TPSA) is 74.8 Å². The Labute approximate surface area is 163 Å². The second-order valence-electron chi connectivity index (χ2n) is 6.26. The fourth-order valence-corrected chi connectivity index (χ4v) is 4.59. The number of piperazine rings is 1. The highest BCUT2D eigenvalue weighted by atomic mass is 35.5. The van der Waals surface area contributed by atoms with Crippen LogP contribution in [0.4, 0.5) is 0 Å². The van der Waals surface area contributed by atoms with Crippen LogP contribution in [0.3, 0.4) is 0 Å². The van der Waals surface area contributed by atoms with Gasteiger partial charge < -0.3 is 4.90 Å². The summed E-state index contributed by atoms with van der Waals surface area (Å²) in [6.07, 6.45) is 0. The third-order valence-corrected chi connectivity index (χ3v) is 6.77.